The minimum Gasteiger partial charge on any atom is -0.366 e. The maximum absolute atomic E-state index is 13.1. The number of rotatable bonds is 4. The molecule has 0 aliphatic heterocycles. The van der Waals surface area contributed by atoms with Gasteiger partial charge in [-0.1, -0.05) is 6.07 Å². The van der Waals surface area contributed by atoms with Crippen LogP contribution in [-0.4, -0.2) is 25.7 Å². The molecule has 15 heteroatoms. The first-order chi connectivity index (χ1) is 15.6. The predicted molar refractivity (Wildman–Crippen MR) is 98.1 cm³/mol. The molecule has 0 aliphatic rings. The molecule has 3 aromatic rings. The van der Waals surface area contributed by atoms with Gasteiger partial charge in [-0.2, -0.15) is 39.5 Å². The Hall–Kier alpha value is -3.91. The Morgan fingerprint density at radius 3 is 1.88 bits per heavy atom. The van der Waals surface area contributed by atoms with Gasteiger partial charge < -0.3 is 5.73 Å². The van der Waals surface area contributed by atoms with Gasteiger partial charge in [0.15, 0.2) is 5.82 Å². The standard InChI is InChI=1S/C19H10F9N5O/c20-17(21,22)11-3-10(4-12(5-11)18(23,24)25)16-31-8-33(32-16)7-13(15(29)34)9-1-2-14(30-6-9)19(26,27)28/h1-8H,(H2,29,34). The average molecular weight is 495 g/mol. The normalized spacial score (nSPS) is 13.3. The second kappa shape index (κ2) is 8.46. The molecule has 2 aromatic heterocycles. The number of alkyl halides is 9. The van der Waals surface area contributed by atoms with Crippen LogP contribution in [-0.2, 0) is 23.3 Å². The fraction of sp³-hybridized carbons (Fsp3) is 0.158. The predicted octanol–water partition coefficient (Wildman–Crippen LogP) is 4.88. The number of hydrogen-bond acceptors (Lipinski definition) is 4. The minimum atomic E-state index is -5.09. The number of benzene rings is 1. The van der Waals surface area contributed by atoms with E-state index in [1.54, 1.807) is 0 Å². The van der Waals surface area contributed by atoms with E-state index in [0.717, 1.165) is 23.3 Å². The maximum atomic E-state index is 13.1. The minimum absolute atomic E-state index is 0.0663. The zero-order valence-corrected chi connectivity index (χ0v) is 16.3. The van der Waals surface area contributed by atoms with Gasteiger partial charge in [0, 0.05) is 23.5 Å². The number of halogens is 9. The van der Waals surface area contributed by atoms with Crippen molar-refractivity contribution in [1.29, 1.82) is 0 Å². The molecular formula is C19H10F9N5O. The lowest BCUT2D eigenvalue weighted by Crippen LogP contribution is -2.15. The number of nitrogens with zero attached hydrogens (tertiary/aromatic N) is 4. The summed E-state index contributed by atoms with van der Waals surface area (Å²) in [7, 11) is 0. The summed E-state index contributed by atoms with van der Waals surface area (Å²) in [5, 5.41) is 3.72. The molecule has 1 aromatic carbocycles. The number of carbonyl (C=O) groups is 1. The largest absolute Gasteiger partial charge is 0.433 e. The Balaban J connectivity index is 2.03. The Bertz CT molecular complexity index is 1210. The van der Waals surface area contributed by atoms with Crippen LogP contribution >= 0.6 is 0 Å². The summed E-state index contributed by atoms with van der Waals surface area (Å²) in [6.07, 6.45) is -12.5. The molecule has 2 N–H and O–H groups in total. The van der Waals surface area contributed by atoms with Gasteiger partial charge in [-0.15, -0.1) is 5.10 Å². The first-order valence-electron chi connectivity index (χ1n) is 8.82. The van der Waals surface area contributed by atoms with E-state index < -0.39 is 58.2 Å². The number of hydrogen-bond donors (Lipinski definition) is 1. The molecule has 0 saturated heterocycles. The first kappa shape index (κ1) is 24.7. The van der Waals surface area contributed by atoms with Crippen LogP contribution in [0.3, 0.4) is 0 Å². The van der Waals surface area contributed by atoms with Crippen LogP contribution in [0.2, 0.25) is 0 Å². The van der Waals surface area contributed by atoms with Gasteiger partial charge in [0.1, 0.15) is 12.0 Å². The van der Waals surface area contributed by atoms with E-state index in [9.17, 15) is 44.3 Å². The lowest BCUT2D eigenvalue weighted by molar-refractivity contribution is -0.143. The lowest BCUT2D eigenvalue weighted by Gasteiger charge is -2.13. The van der Waals surface area contributed by atoms with Crippen molar-refractivity contribution in [3.63, 3.8) is 0 Å². The highest BCUT2D eigenvalue weighted by molar-refractivity contribution is 6.22. The molecule has 2 heterocycles. The molecule has 34 heavy (non-hydrogen) atoms. The summed E-state index contributed by atoms with van der Waals surface area (Å²) in [6, 6.07) is 2.23. The quantitative estimate of drug-likeness (QED) is 0.413. The molecule has 0 bridgehead atoms. The third-order valence-corrected chi connectivity index (χ3v) is 4.25. The molecule has 0 aliphatic carbocycles. The molecular weight excluding hydrogens is 485 g/mol. The van der Waals surface area contributed by atoms with E-state index in [1.807, 2.05) is 0 Å². The number of primary amides is 1. The highest BCUT2D eigenvalue weighted by atomic mass is 19.4. The number of pyridine rings is 1. The molecule has 180 valence electrons. The van der Waals surface area contributed by atoms with Gasteiger partial charge in [-0.3, -0.25) is 9.78 Å². The zero-order valence-electron chi connectivity index (χ0n) is 16.3. The summed E-state index contributed by atoms with van der Waals surface area (Å²) in [5.74, 6) is -1.68. The summed E-state index contributed by atoms with van der Waals surface area (Å²) in [4.78, 5) is 18.6. The monoisotopic (exact) mass is 495 g/mol. The third-order valence-electron chi connectivity index (χ3n) is 4.25. The van der Waals surface area contributed by atoms with Crippen LogP contribution in [0, 0.1) is 0 Å². The van der Waals surface area contributed by atoms with E-state index in [-0.39, 0.29) is 11.6 Å². The summed E-state index contributed by atoms with van der Waals surface area (Å²) in [5.41, 5.74) is -0.369. The van der Waals surface area contributed by atoms with Gasteiger partial charge in [0.2, 0.25) is 0 Å². The molecule has 0 unspecified atom stereocenters. The van der Waals surface area contributed by atoms with Crippen molar-refractivity contribution in [3.05, 3.63) is 65.2 Å². The van der Waals surface area contributed by atoms with Crippen molar-refractivity contribution >= 4 is 17.7 Å². The molecule has 0 atom stereocenters. The van der Waals surface area contributed by atoms with E-state index in [1.165, 1.54) is 0 Å². The van der Waals surface area contributed by atoms with Crippen molar-refractivity contribution < 1.29 is 44.3 Å². The van der Waals surface area contributed by atoms with Gasteiger partial charge in [-0.05, 0) is 24.3 Å². The Labute approximate surface area is 183 Å². The van der Waals surface area contributed by atoms with E-state index in [2.05, 4.69) is 15.1 Å². The highest BCUT2D eigenvalue weighted by Gasteiger charge is 2.37. The van der Waals surface area contributed by atoms with Crippen LogP contribution < -0.4 is 5.73 Å². The highest BCUT2D eigenvalue weighted by Crippen LogP contribution is 2.38. The average Bonchev–Trinajstić information content (AvgIpc) is 3.18. The zero-order chi connectivity index (χ0) is 25.5. The van der Waals surface area contributed by atoms with E-state index in [0.29, 0.717) is 24.4 Å². The second-order valence-corrected chi connectivity index (χ2v) is 6.68. The maximum Gasteiger partial charge on any atom is 0.433 e. The molecule has 3 rings (SSSR count). The van der Waals surface area contributed by atoms with Crippen molar-refractivity contribution in [2.24, 2.45) is 5.73 Å². The van der Waals surface area contributed by atoms with E-state index >= 15 is 0 Å². The Morgan fingerprint density at radius 1 is 0.853 bits per heavy atom. The summed E-state index contributed by atoms with van der Waals surface area (Å²) in [6.45, 7) is 0. The van der Waals surface area contributed by atoms with Crippen LogP contribution in [0.1, 0.15) is 22.4 Å². The van der Waals surface area contributed by atoms with E-state index in [4.69, 9.17) is 5.73 Å². The molecule has 0 fully saturated rings. The summed E-state index contributed by atoms with van der Waals surface area (Å²) >= 11 is 0. The van der Waals surface area contributed by atoms with Crippen LogP contribution in [0.5, 0.6) is 0 Å². The number of aromatic nitrogens is 4. The Kier molecular flexibility index (Phi) is 6.15. The SMILES string of the molecule is NC(=O)C(=Cn1cnc(-c2cc(C(F)(F)F)cc(C(F)(F)F)c2)n1)c1ccc(C(F)(F)F)nc1. The Morgan fingerprint density at radius 2 is 1.44 bits per heavy atom. The molecule has 6 nitrogen and oxygen atoms in total. The fourth-order valence-electron chi connectivity index (χ4n) is 2.69. The fourth-order valence-corrected chi connectivity index (χ4v) is 2.69. The number of nitrogens with two attached hydrogens (primary N) is 1. The van der Waals surface area contributed by atoms with Crippen molar-refractivity contribution in [2.45, 2.75) is 18.5 Å². The molecule has 0 spiro atoms. The second-order valence-electron chi connectivity index (χ2n) is 6.68. The smallest absolute Gasteiger partial charge is 0.366 e. The molecule has 0 saturated carbocycles. The third kappa shape index (κ3) is 5.52. The van der Waals surface area contributed by atoms with Crippen LogP contribution in [0.15, 0.2) is 42.9 Å². The van der Waals surface area contributed by atoms with Crippen molar-refractivity contribution in [1.82, 2.24) is 19.7 Å². The molecule has 1 amide bonds. The van der Waals surface area contributed by atoms with Crippen LogP contribution in [0.4, 0.5) is 39.5 Å². The van der Waals surface area contributed by atoms with Gasteiger partial charge in [-0.25, -0.2) is 9.67 Å². The lowest BCUT2D eigenvalue weighted by atomic mass is 10.0. The number of amides is 1. The van der Waals surface area contributed by atoms with Gasteiger partial charge in [0.05, 0.1) is 16.7 Å². The van der Waals surface area contributed by atoms with Crippen molar-refractivity contribution in [2.75, 3.05) is 0 Å². The van der Waals surface area contributed by atoms with Crippen LogP contribution in [0.25, 0.3) is 23.2 Å². The number of carbonyl (C=O) groups excluding carboxylic acids is 1. The van der Waals surface area contributed by atoms with Gasteiger partial charge >= 0.3 is 18.5 Å². The topological polar surface area (TPSA) is 86.7 Å². The van der Waals surface area contributed by atoms with Crippen molar-refractivity contribution in [3.8, 4) is 11.4 Å². The first-order valence-corrected chi connectivity index (χ1v) is 8.82. The summed E-state index contributed by atoms with van der Waals surface area (Å²) < 4.78 is 117. The molecule has 0 radical (unpaired) electrons. The van der Waals surface area contributed by atoms with Gasteiger partial charge in [0.25, 0.3) is 5.91 Å².